The zero-order chi connectivity index (χ0) is 17.1. The molecule has 0 bridgehead atoms. The summed E-state index contributed by atoms with van der Waals surface area (Å²) in [6.07, 6.45) is 1.84. The number of likely N-dealkylation sites (tertiary alicyclic amines) is 1. The quantitative estimate of drug-likeness (QED) is 0.882. The van der Waals surface area contributed by atoms with Crippen LogP contribution in [-0.2, 0) is 13.0 Å². The maximum absolute atomic E-state index is 9.30. The summed E-state index contributed by atoms with van der Waals surface area (Å²) in [6.45, 7) is 7.15. The fourth-order valence-electron chi connectivity index (χ4n) is 3.48. The standard InChI is InChI=1S/C19H26N2O3/c1-13-18(14(2)24-20-13)9-17-8-15(4-5-19(17)23-3)10-21-7-6-16(11-21)12-22/h4-5,8,16,22H,6-7,9-12H2,1-3H3/t16-/m1/s1. The first-order valence-corrected chi connectivity index (χ1v) is 8.51. The Labute approximate surface area is 143 Å². The Balaban J connectivity index is 1.78. The summed E-state index contributed by atoms with van der Waals surface area (Å²) >= 11 is 0. The Morgan fingerprint density at radius 2 is 2.21 bits per heavy atom. The van der Waals surface area contributed by atoms with Crippen molar-refractivity contribution in [3.8, 4) is 5.75 Å². The van der Waals surface area contributed by atoms with Crippen molar-refractivity contribution in [3.63, 3.8) is 0 Å². The van der Waals surface area contributed by atoms with Gasteiger partial charge in [-0.2, -0.15) is 0 Å². The molecule has 5 heteroatoms. The predicted octanol–water partition coefficient (Wildman–Crippen LogP) is 2.71. The molecular formula is C19H26N2O3. The van der Waals surface area contributed by atoms with Gasteiger partial charge >= 0.3 is 0 Å². The van der Waals surface area contributed by atoms with Gasteiger partial charge in [-0.25, -0.2) is 0 Å². The predicted molar refractivity (Wildman–Crippen MR) is 92.2 cm³/mol. The number of methoxy groups -OCH3 is 1. The minimum atomic E-state index is 0.288. The third-order valence-electron chi connectivity index (χ3n) is 4.93. The Kier molecular flexibility index (Phi) is 5.21. The Morgan fingerprint density at radius 3 is 2.83 bits per heavy atom. The largest absolute Gasteiger partial charge is 0.496 e. The summed E-state index contributed by atoms with van der Waals surface area (Å²) in [5.74, 6) is 2.18. The molecule has 0 aliphatic carbocycles. The van der Waals surface area contributed by atoms with Crippen molar-refractivity contribution in [1.82, 2.24) is 10.1 Å². The van der Waals surface area contributed by atoms with Crippen LogP contribution in [0.4, 0.5) is 0 Å². The number of benzene rings is 1. The van der Waals surface area contributed by atoms with Gasteiger partial charge in [0.15, 0.2) is 0 Å². The molecule has 5 nitrogen and oxygen atoms in total. The van der Waals surface area contributed by atoms with E-state index in [9.17, 15) is 5.11 Å². The fraction of sp³-hybridized carbons (Fsp3) is 0.526. The van der Waals surface area contributed by atoms with Crippen LogP contribution in [0.5, 0.6) is 5.75 Å². The number of aliphatic hydroxyl groups excluding tert-OH is 1. The van der Waals surface area contributed by atoms with E-state index in [2.05, 4.69) is 22.2 Å². The zero-order valence-electron chi connectivity index (χ0n) is 14.7. The second kappa shape index (κ2) is 7.36. The number of hydrogen-bond acceptors (Lipinski definition) is 5. The van der Waals surface area contributed by atoms with Crippen LogP contribution in [0.2, 0.25) is 0 Å². The third-order valence-corrected chi connectivity index (χ3v) is 4.93. The molecule has 0 amide bonds. The van der Waals surface area contributed by atoms with E-state index >= 15 is 0 Å². The van der Waals surface area contributed by atoms with E-state index in [1.54, 1.807) is 7.11 Å². The molecular weight excluding hydrogens is 304 g/mol. The first-order valence-electron chi connectivity index (χ1n) is 8.51. The lowest BCUT2D eigenvalue weighted by molar-refractivity contribution is 0.220. The molecule has 2 heterocycles. The highest BCUT2D eigenvalue weighted by atomic mass is 16.5. The van der Waals surface area contributed by atoms with Crippen LogP contribution < -0.4 is 4.74 Å². The number of nitrogens with zero attached hydrogens (tertiary/aromatic N) is 2. The van der Waals surface area contributed by atoms with E-state index in [1.807, 2.05) is 19.9 Å². The SMILES string of the molecule is COc1ccc(CN2CC[C@@H](CO)C2)cc1Cc1c(C)noc1C. The van der Waals surface area contributed by atoms with Gasteiger partial charge in [0.1, 0.15) is 11.5 Å². The molecule has 0 unspecified atom stereocenters. The van der Waals surface area contributed by atoms with Crippen molar-refractivity contribution >= 4 is 0 Å². The van der Waals surface area contributed by atoms with E-state index in [1.165, 1.54) is 5.56 Å². The van der Waals surface area contributed by atoms with Crippen molar-refractivity contribution in [2.24, 2.45) is 5.92 Å². The number of aromatic nitrogens is 1. The summed E-state index contributed by atoms with van der Waals surface area (Å²) in [5.41, 5.74) is 4.50. The molecule has 0 spiro atoms. The average molecular weight is 330 g/mol. The van der Waals surface area contributed by atoms with E-state index in [4.69, 9.17) is 9.26 Å². The van der Waals surface area contributed by atoms with Crippen molar-refractivity contribution in [1.29, 1.82) is 0 Å². The van der Waals surface area contributed by atoms with Gasteiger partial charge in [0.2, 0.25) is 0 Å². The van der Waals surface area contributed by atoms with E-state index in [-0.39, 0.29) is 6.61 Å². The molecule has 1 saturated heterocycles. The van der Waals surface area contributed by atoms with Crippen LogP contribution in [0.3, 0.4) is 0 Å². The highest BCUT2D eigenvalue weighted by Crippen LogP contribution is 2.27. The van der Waals surface area contributed by atoms with Gasteiger partial charge in [0.05, 0.1) is 12.8 Å². The molecule has 2 aromatic rings. The normalized spacial score (nSPS) is 18.2. The summed E-state index contributed by atoms with van der Waals surface area (Å²) in [5, 5.41) is 13.3. The van der Waals surface area contributed by atoms with E-state index in [0.717, 1.165) is 60.8 Å². The molecule has 0 radical (unpaired) electrons. The van der Waals surface area contributed by atoms with Crippen LogP contribution in [0.15, 0.2) is 22.7 Å². The number of aliphatic hydroxyl groups is 1. The minimum Gasteiger partial charge on any atom is -0.496 e. The zero-order valence-corrected chi connectivity index (χ0v) is 14.7. The molecule has 1 aliphatic heterocycles. The van der Waals surface area contributed by atoms with Gasteiger partial charge < -0.3 is 14.4 Å². The van der Waals surface area contributed by atoms with Gasteiger partial charge in [0, 0.05) is 31.7 Å². The Morgan fingerprint density at radius 1 is 1.38 bits per heavy atom. The maximum Gasteiger partial charge on any atom is 0.137 e. The topological polar surface area (TPSA) is 58.7 Å². The molecule has 130 valence electrons. The maximum atomic E-state index is 9.30. The summed E-state index contributed by atoms with van der Waals surface area (Å²) in [7, 11) is 1.71. The number of rotatable bonds is 6. The first-order chi connectivity index (χ1) is 11.6. The minimum absolute atomic E-state index is 0.288. The number of hydrogen-bond donors (Lipinski definition) is 1. The smallest absolute Gasteiger partial charge is 0.137 e. The van der Waals surface area contributed by atoms with Gasteiger partial charge in [-0.15, -0.1) is 0 Å². The second-order valence-corrected chi connectivity index (χ2v) is 6.70. The van der Waals surface area contributed by atoms with Crippen LogP contribution in [0, 0.1) is 19.8 Å². The molecule has 1 aromatic heterocycles. The van der Waals surface area contributed by atoms with Crippen molar-refractivity contribution in [2.75, 3.05) is 26.8 Å². The summed E-state index contributed by atoms with van der Waals surface area (Å²) in [6, 6.07) is 6.39. The Hall–Kier alpha value is -1.85. The lowest BCUT2D eigenvalue weighted by atomic mass is 10.0. The van der Waals surface area contributed by atoms with Gasteiger partial charge in [-0.3, -0.25) is 4.90 Å². The third kappa shape index (κ3) is 3.62. The molecule has 1 fully saturated rings. The highest BCUT2D eigenvalue weighted by molar-refractivity contribution is 5.41. The summed E-state index contributed by atoms with van der Waals surface area (Å²) < 4.78 is 10.8. The van der Waals surface area contributed by atoms with Gasteiger partial charge in [-0.1, -0.05) is 17.3 Å². The first kappa shape index (κ1) is 17.0. The molecule has 1 aromatic carbocycles. The van der Waals surface area contributed by atoms with Crippen LogP contribution in [0.25, 0.3) is 0 Å². The average Bonchev–Trinajstić information content (AvgIpc) is 3.16. The van der Waals surface area contributed by atoms with Crippen LogP contribution >= 0.6 is 0 Å². The number of ether oxygens (including phenoxy) is 1. The molecule has 1 N–H and O–H groups in total. The lowest BCUT2D eigenvalue weighted by Crippen LogP contribution is -2.21. The fourth-order valence-corrected chi connectivity index (χ4v) is 3.48. The van der Waals surface area contributed by atoms with Crippen LogP contribution in [-0.4, -0.2) is 42.0 Å². The highest BCUT2D eigenvalue weighted by Gasteiger charge is 2.22. The Bertz CT molecular complexity index is 676. The number of aryl methyl sites for hydroxylation is 2. The van der Waals surface area contributed by atoms with Crippen molar-refractivity contribution in [3.05, 3.63) is 46.3 Å². The molecule has 3 rings (SSSR count). The van der Waals surface area contributed by atoms with Crippen molar-refractivity contribution in [2.45, 2.75) is 33.2 Å². The summed E-state index contributed by atoms with van der Waals surface area (Å²) in [4.78, 5) is 2.41. The molecule has 1 atom stereocenters. The van der Waals surface area contributed by atoms with Crippen molar-refractivity contribution < 1.29 is 14.4 Å². The van der Waals surface area contributed by atoms with Gasteiger partial charge in [-0.05, 0) is 49.9 Å². The molecule has 0 saturated carbocycles. The monoisotopic (exact) mass is 330 g/mol. The van der Waals surface area contributed by atoms with Gasteiger partial charge in [0.25, 0.3) is 0 Å². The van der Waals surface area contributed by atoms with E-state index in [0.29, 0.717) is 5.92 Å². The molecule has 1 aliphatic rings. The lowest BCUT2D eigenvalue weighted by Gasteiger charge is -2.17. The second-order valence-electron chi connectivity index (χ2n) is 6.70. The van der Waals surface area contributed by atoms with E-state index < -0.39 is 0 Å². The van der Waals surface area contributed by atoms with Crippen LogP contribution in [0.1, 0.15) is 34.6 Å². The molecule has 24 heavy (non-hydrogen) atoms.